The Hall–Kier alpha value is -2.32. The first kappa shape index (κ1) is 21.0. The van der Waals surface area contributed by atoms with E-state index in [0.29, 0.717) is 0 Å². The molecule has 11 heteroatoms. The second kappa shape index (κ2) is 9.57. The van der Waals surface area contributed by atoms with Gasteiger partial charge in [0, 0.05) is 42.4 Å². The van der Waals surface area contributed by atoms with Crippen molar-refractivity contribution < 1.29 is 23.1 Å². The van der Waals surface area contributed by atoms with Gasteiger partial charge < -0.3 is 10.0 Å². The van der Waals surface area contributed by atoms with E-state index in [2.05, 4.69) is 31.7 Å². The Bertz CT molecular complexity index is 823. The second-order valence-corrected chi connectivity index (χ2v) is 7.46. The van der Waals surface area contributed by atoms with E-state index < -0.39 is 12.1 Å². The maximum absolute atomic E-state index is 10.6. The molecule has 0 spiro atoms. The average molecular weight is 416 g/mol. The summed E-state index contributed by atoms with van der Waals surface area (Å²) in [5.74, 6) is 6.43. The molecule has 0 aromatic carbocycles. The summed E-state index contributed by atoms with van der Waals surface area (Å²) in [7, 11) is 0. The van der Waals surface area contributed by atoms with Crippen molar-refractivity contribution in [3.8, 4) is 11.8 Å². The molecule has 1 aliphatic rings. The van der Waals surface area contributed by atoms with Gasteiger partial charge in [-0.15, -0.1) is 11.3 Å². The van der Waals surface area contributed by atoms with E-state index in [1.807, 2.05) is 24.1 Å². The first-order chi connectivity index (χ1) is 12.8. The Morgan fingerprint density at radius 2 is 1.81 bits per heavy atom. The number of carboxylic acid groups (broad SMARTS) is 1. The highest BCUT2D eigenvalue weighted by Gasteiger charge is 2.38. The van der Waals surface area contributed by atoms with Gasteiger partial charge in [0.05, 0.1) is 10.6 Å². The number of carboxylic acids is 1. The fourth-order valence-corrected chi connectivity index (χ4v) is 3.32. The number of anilines is 1. The van der Waals surface area contributed by atoms with Crippen LogP contribution in [-0.2, 0) is 4.79 Å². The van der Waals surface area contributed by atoms with Crippen molar-refractivity contribution in [1.29, 1.82) is 0 Å². The van der Waals surface area contributed by atoms with Gasteiger partial charge in [-0.3, -0.25) is 0 Å². The van der Waals surface area contributed by atoms with Crippen LogP contribution in [0.5, 0.6) is 0 Å². The zero-order valence-electron chi connectivity index (χ0n) is 14.2. The monoisotopic (exact) mass is 416 g/mol. The van der Waals surface area contributed by atoms with Gasteiger partial charge in [0.25, 0.3) is 0 Å². The minimum absolute atomic E-state index is 0.806. The SMILES string of the molecule is Cc1nc(C#Cc2cnc(N3CCSCC3)nc2)cs1.O=C(O)C(F)(F)F. The highest BCUT2D eigenvalue weighted by molar-refractivity contribution is 7.99. The molecular weight excluding hydrogens is 401 g/mol. The standard InChI is InChI=1S/C14H14N4S2.C2HF3O2/c1-11-17-13(10-20-11)3-2-12-8-15-14(16-9-12)18-4-6-19-7-5-18;3-2(4,5)1(6)7/h8-10H,4-7H2,1H3;(H,6,7). The Kier molecular flexibility index (Phi) is 7.44. The number of carbonyl (C=O) groups is 1. The Morgan fingerprint density at radius 3 is 2.30 bits per heavy atom. The lowest BCUT2D eigenvalue weighted by molar-refractivity contribution is -0.192. The molecule has 0 bridgehead atoms. The summed E-state index contributed by atoms with van der Waals surface area (Å²) < 4.78 is 31.7. The van der Waals surface area contributed by atoms with Crippen molar-refractivity contribution in [3.63, 3.8) is 0 Å². The summed E-state index contributed by atoms with van der Waals surface area (Å²) >= 11 is 3.59. The summed E-state index contributed by atoms with van der Waals surface area (Å²) in [6.45, 7) is 4.02. The van der Waals surface area contributed by atoms with Gasteiger partial charge in [-0.25, -0.2) is 19.7 Å². The van der Waals surface area contributed by atoms with Gasteiger partial charge in [0.1, 0.15) is 5.69 Å². The number of aromatic nitrogens is 3. The van der Waals surface area contributed by atoms with Crippen LogP contribution in [-0.4, -0.2) is 56.8 Å². The third-order valence-corrected chi connectivity index (χ3v) is 4.84. The van der Waals surface area contributed by atoms with Crippen LogP contribution in [0.3, 0.4) is 0 Å². The Morgan fingerprint density at radius 1 is 1.22 bits per heavy atom. The molecule has 1 fully saturated rings. The zero-order chi connectivity index (χ0) is 19.9. The topological polar surface area (TPSA) is 79.2 Å². The number of hydrogen-bond acceptors (Lipinski definition) is 7. The fourth-order valence-electron chi connectivity index (χ4n) is 1.87. The fraction of sp³-hybridized carbons (Fsp3) is 0.375. The lowest BCUT2D eigenvalue weighted by Crippen LogP contribution is -2.33. The summed E-state index contributed by atoms with van der Waals surface area (Å²) in [6.07, 6.45) is -1.51. The van der Waals surface area contributed by atoms with Crippen molar-refractivity contribution in [3.05, 3.63) is 34.0 Å². The molecule has 1 saturated heterocycles. The number of aliphatic carboxylic acids is 1. The molecule has 0 saturated carbocycles. The molecule has 1 N–H and O–H groups in total. The van der Waals surface area contributed by atoms with Crippen LogP contribution < -0.4 is 4.90 Å². The quantitative estimate of drug-likeness (QED) is 0.716. The van der Waals surface area contributed by atoms with Crippen LogP contribution in [0.25, 0.3) is 0 Å². The average Bonchev–Trinajstić information content (AvgIpc) is 3.06. The van der Waals surface area contributed by atoms with E-state index >= 15 is 0 Å². The largest absolute Gasteiger partial charge is 0.490 e. The number of thioether (sulfide) groups is 1. The highest BCUT2D eigenvalue weighted by atomic mass is 32.2. The minimum Gasteiger partial charge on any atom is -0.475 e. The third-order valence-electron chi connectivity index (χ3n) is 3.13. The molecule has 27 heavy (non-hydrogen) atoms. The molecule has 0 atom stereocenters. The molecule has 1 aliphatic heterocycles. The van der Waals surface area contributed by atoms with Crippen molar-refractivity contribution in [2.45, 2.75) is 13.1 Å². The molecule has 144 valence electrons. The molecule has 2 aromatic heterocycles. The molecule has 3 heterocycles. The van der Waals surface area contributed by atoms with Gasteiger partial charge in [-0.1, -0.05) is 5.92 Å². The molecule has 0 unspecified atom stereocenters. The van der Waals surface area contributed by atoms with E-state index in [4.69, 9.17) is 9.90 Å². The number of rotatable bonds is 1. The number of hydrogen-bond donors (Lipinski definition) is 1. The predicted molar refractivity (Wildman–Crippen MR) is 98.1 cm³/mol. The van der Waals surface area contributed by atoms with Gasteiger partial charge in [0.2, 0.25) is 5.95 Å². The predicted octanol–water partition coefficient (Wildman–Crippen LogP) is 2.83. The number of thiazole rings is 1. The van der Waals surface area contributed by atoms with Crippen molar-refractivity contribution in [1.82, 2.24) is 15.0 Å². The molecule has 6 nitrogen and oxygen atoms in total. The number of halogens is 3. The third kappa shape index (κ3) is 7.07. The minimum atomic E-state index is -5.08. The van der Waals surface area contributed by atoms with Crippen LogP contribution in [0, 0.1) is 18.8 Å². The maximum Gasteiger partial charge on any atom is 0.490 e. The molecule has 0 radical (unpaired) electrons. The van der Waals surface area contributed by atoms with Crippen molar-refractivity contribution in [2.24, 2.45) is 0 Å². The van der Waals surface area contributed by atoms with Gasteiger partial charge >= 0.3 is 12.1 Å². The lowest BCUT2D eigenvalue weighted by Gasteiger charge is -2.25. The normalized spacial score (nSPS) is 13.9. The Labute approximate surface area is 161 Å². The number of alkyl halides is 3. The van der Waals surface area contributed by atoms with Crippen LogP contribution in [0.2, 0.25) is 0 Å². The smallest absolute Gasteiger partial charge is 0.475 e. The lowest BCUT2D eigenvalue weighted by atomic mass is 10.3. The van der Waals surface area contributed by atoms with Crippen LogP contribution >= 0.6 is 23.1 Å². The summed E-state index contributed by atoms with van der Waals surface area (Å²) in [5, 5.41) is 10.1. The number of nitrogens with zero attached hydrogens (tertiary/aromatic N) is 4. The van der Waals surface area contributed by atoms with E-state index in [-0.39, 0.29) is 0 Å². The maximum atomic E-state index is 10.6. The molecule has 0 amide bonds. The second-order valence-electron chi connectivity index (χ2n) is 5.18. The van der Waals surface area contributed by atoms with Gasteiger partial charge in [0.15, 0.2) is 0 Å². The summed E-state index contributed by atoms with van der Waals surface area (Å²) in [5.41, 5.74) is 1.63. The molecule has 0 aliphatic carbocycles. The van der Waals surface area contributed by atoms with Crippen LogP contribution in [0.4, 0.5) is 19.1 Å². The van der Waals surface area contributed by atoms with Crippen LogP contribution in [0.1, 0.15) is 16.3 Å². The summed E-state index contributed by atoms with van der Waals surface area (Å²) in [4.78, 5) is 24.2. The Balaban J connectivity index is 0.000000321. The summed E-state index contributed by atoms with van der Waals surface area (Å²) in [6, 6.07) is 0. The van der Waals surface area contributed by atoms with E-state index in [1.165, 1.54) is 0 Å². The van der Waals surface area contributed by atoms with Crippen molar-refractivity contribution >= 4 is 35.0 Å². The molecule has 3 rings (SSSR count). The van der Waals surface area contributed by atoms with Gasteiger partial charge in [-0.05, 0) is 12.8 Å². The first-order valence-corrected chi connectivity index (χ1v) is 9.68. The number of aryl methyl sites for hydroxylation is 1. The van der Waals surface area contributed by atoms with Crippen molar-refractivity contribution in [2.75, 3.05) is 29.5 Å². The highest BCUT2D eigenvalue weighted by Crippen LogP contribution is 2.15. The first-order valence-electron chi connectivity index (χ1n) is 7.64. The zero-order valence-corrected chi connectivity index (χ0v) is 15.8. The molecule has 2 aromatic rings. The van der Waals surface area contributed by atoms with E-state index in [0.717, 1.165) is 46.8 Å². The van der Waals surface area contributed by atoms with E-state index in [1.54, 1.807) is 23.7 Å². The van der Waals surface area contributed by atoms with Gasteiger partial charge in [-0.2, -0.15) is 24.9 Å². The molecular formula is C16H15F3N4O2S2. The van der Waals surface area contributed by atoms with Crippen LogP contribution in [0.15, 0.2) is 17.8 Å². The van der Waals surface area contributed by atoms with E-state index in [9.17, 15) is 13.2 Å².